The van der Waals surface area contributed by atoms with Crippen molar-refractivity contribution >= 4 is 21.6 Å². The number of hydrogen-bond donors (Lipinski definition) is 1. The number of nitrogens with two attached hydrogens (primary N) is 1. The summed E-state index contributed by atoms with van der Waals surface area (Å²) < 4.78 is 1.09. The van der Waals surface area contributed by atoms with Crippen molar-refractivity contribution in [2.24, 2.45) is 5.92 Å². The lowest BCUT2D eigenvalue weighted by atomic mass is 10.0. The Morgan fingerprint density at radius 1 is 1.31 bits per heavy atom. The van der Waals surface area contributed by atoms with Gasteiger partial charge in [0, 0.05) is 22.7 Å². The van der Waals surface area contributed by atoms with Crippen LogP contribution in [0, 0.1) is 5.92 Å². The minimum absolute atomic E-state index is 0.574. The van der Waals surface area contributed by atoms with Gasteiger partial charge in [-0.25, -0.2) is 0 Å². The maximum atomic E-state index is 5.72. The van der Waals surface area contributed by atoms with Crippen molar-refractivity contribution in [3.05, 3.63) is 28.2 Å². The number of hydrogen-bond acceptors (Lipinski definition) is 2. The highest BCUT2D eigenvalue weighted by molar-refractivity contribution is 9.10. The zero-order chi connectivity index (χ0) is 12.3. The van der Waals surface area contributed by atoms with E-state index in [1.165, 1.54) is 5.56 Å². The monoisotopic (exact) mass is 284 g/mol. The van der Waals surface area contributed by atoms with Crippen molar-refractivity contribution in [1.82, 2.24) is 4.90 Å². The molecular formula is C13H21BrN2. The molecule has 1 unspecified atom stereocenters. The van der Waals surface area contributed by atoms with Gasteiger partial charge in [0.15, 0.2) is 0 Å². The van der Waals surface area contributed by atoms with Crippen molar-refractivity contribution < 1.29 is 0 Å². The molecule has 0 radical (unpaired) electrons. The first-order chi connectivity index (χ1) is 7.41. The van der Waals surface area contributed by atoms with E-state index in [0.717, 1.165) is 16.7 Å². The third-order valence-electron chi connectivity index (χ3n) is 3.16. The van der Waals surface area contributed by atoms with Gasteiger partial charge in [-0.2, -0.15) is 0 Å². The van der Waals surface area contributed by atoms with Crippen LogP contribution in [0.5, 0.6) is 0 Å². The van der Waals surface area contributed by atoms with Crippen LogP contribution in [0.4, 0.5) is 5.69 Å². The lowest BCUT2D eigenvalue weighted by molar-refractivity contribution is 0.200. The van der Waals surface area contributed by atoms with Crippen molar-refractivity contribution in [2.75, 3.05) is 12.8 Å². The molecule has 90 valence electrons. The SMILES string of the molecule is CC(C)C(C)N(C)Cc1ccc(N)cc1Br. The van der Waals surface area contributed by atoms with Gasteiger partial charge in [0.2, 0.25) is 0 Å². The summed E-state index contributed by atoms with van der Waals surface area (Å²) in [7, 11) is 2.16. The first-order valence-electron chi connectivity index (χ1n) is 5.66. The molecule has 0 aliphatic carbocycles. The maximum absolute atomic E-state index is 5.72. The van der Waals surface area contributed by atoms with E-state index in [1.54, 1.807) is 0 Å². The van der Waals surface area contributed by atoms with Crippen LogP contribution in [0.25, 0.3) is 0 Å². The van der Waals surface area contributed by atoms with E-state index >= 15 is 0 Å². The van der Waals surface area contributed by atoms with Crippen LogP contribution >= 0.6 is 15.9 Å². The number of halogens is 1. The van der Waals surface area contributed by atoms with Crippen LogP contribution in [-0.2, 0) is 6.54 Å². The summed E-state index contributed by atoms with van der Waals surface area (Å²) in [5.41, 5.74) is 7.81. The van der Waals surface area contributed by atoms with Crippen molar-refractivity contribution in [2.45, 2.75) is 33.4 Å². The van der Waals surface area contributed by atoms with Gasteiger partial charge in [-0.15, -0.1) is 0 Å². The van der Waals surface area contributed by atoms with E-state index in [2.05, 4.69) is 54.7 Å². The van der Waals surface area contributed by atoms with Crippen molar-refractivity contribution in [3.8, 4) is 0 Å². The molecule has 1 rings (SSSR count). The Kier molecular flexibility index (Phi) is 4.81. The Hall–Kier alpha value is -0.540. The largest absolute Gasteiger partial charge is 0.399 e. The molecule has 2 N–H and O–H groups in total. The first-order valence-corrected chi connectivity index (χ1v) is 6.45. The molecule has 0 spiro atoms. The lowest BCUT2D eigenvalue weighted by Gasteiger charge is -2.28. The third-order valence-corrected chi connectivity index (χ3v) is 3.90. The fourth-order valence-electron chi connectivity index (χ4n) is 1.61. The van der Waals surface area contributed by atoms with Gasteiger partial charge in [-0.3, -0.25) is 4.90 Å². The molecule has 0 aliphatic heterocycles. The highest BCUT2D eigenvalue weighted by Gasteiger charge is 2.14. The van der Waals surface area contributed by atoms with Crippen LogP contribution in [0.3, 0.4) is 0 Å². The Bertz CT molecular complexity index is 350. The number of benzene rings is 1. The van der Waals surface area contributed by atoms with Crippen molar-refractivity contribution in [3.63, 3.8) is 0 Å². The average Bonchev–Trinajstić information content (AvgIpc) is 2.20. The van der Waals surface area contributed by atoms with Gasteiger partial charge >= 0.3 is 0 Å². The molecule has 2 nitrogen and oxygen atoms in total. The Labute approximate surface area is 107 Å². The molecule has 0 aromatic heterocycles. The second-order valence-corrected chi connectivity index (χ2v) is 5.60. The summed E-state index contributed by atoms with van der Waals surface area (Å²) >= 11 is 3.56. The normalized spacial score (nSPS) is 13.4. The first kappa shape index (κ1) is 13.5. The highest BCUT2D eigenvalue weighted by Crippen LogP contribution is 2.22. The van der Waals surface area contributed by atoms with Crippen molar-refractivity contribution in [1.29, 1.82) is 0 Å². The summed E-state index contributed by atoms with van der Waals surface area (Å²) in [6, 6.07) is 6.57. The topological polar surface area (TPSA) is 29.3 Å². The molecule has 0 aliphatic rings. The smallest absolute Gasteiger partial charge is 0.0325 e. The quantitative estimate of drug-likeness (QED) is 0.858. The predicted octanol–water partition coefficient (Wildman–Crippen LogP) is 3.51. The Morgan fingerprint density at radius 2 is 1.94 bits per heavy atom. The molecular weight excluding hydrogens is 264 g/mol. The Balaban J connectivity index is 2.73. The van der Waals surface area contributed by atoms with E-state index in [-0.39, 0.29) is 0 Å². The maximum Gasteiger partial charge on any atom is 0.0325 e. The fourth-order valence-corrected chi connectivity index (χ4v) is 2.14. The van der Waals surface area contributed by atoms with E-state index in [0.29, 0.717) is 12.0 Å². The number of nitrogen functional groups attached to an aromatic ring is 1. The molecule has 1 aromatic rings. The molecule has 0 bridgehead atoms. The van der Waals surface area contributed by atoms with Crippen LogP contribution in [0.1, 0.15) is 26.3 Å². The van der Waals surface area contributed by atoms with E-state index in [9.17, 15) is 0 Å². The lowest BCUT2D eigenvalue weighted by Crippen LogP contribution is -2.32. The molecule has 3 heteroatoms. The van der Waals surface area contributed by atoms with Gasteiger partial charge in [-0.05, 0) is 37.6 Å². The number of anilines is 1. The zero-order valence-corrected chi connectivity index (χ0v) is 12.1. The molecule has 0 fully saturated rings. The highest BCUT2D eigenvalue weighted by atomic mass is 79.9. The predicted molar refractivity (Wildman–Crippen MR) is 74.3 cm³/mol. The van der Waals surface area contributed by atoms with E-state index in [4.69, 9.17) is 5.73 Å². The molecule has 0 saturated heterocycles. The molecule has 0 saturated carbocycles. The second-order valence-electron chi connectivity index (χ2n) is 4.75. The third kappa shape index (κ3) is 3.49. The minimum Gasteiger partial charge on any atom is -0.399 e. The number of rotatable bonds is 4. The Morgan fingerprint density at radius 3 is 2.44 bits per heavy atom. The van der Waals surface area contributed by atoms with E-state index in [1.807, 2.05) is 12.1 Å². The zero-order valence-electron chi connectivity index (χ0n) is 10.5. The summed E-state index contributed by atoms with van der Waals surface area (Å²) in [5.74, 6) is 0.664. The second kappa shape index (κ2) is 5.69. The summed E-state index contributed by atoms with van der Waals surface area (Å²) in [4.78, 5) is 2.36. The average molecular weight is 285 g/mol. The van der Waals surface area contributed by atoms with Gasteiger partial charge in [0.05, 0.1) is 0 Å². The molecule has 16 heavy (non-hydrogen) atoms. The molecule has 1 atom stereocenters. The van der Waals surface area contributed by atoms with Gasteiger partial charge in [-0.1, -0.05) is 35.8 Å². The van der Waals surface area contributed by atoms with Gasteiger partial charge in [0.1, 0.15) is 0 Å². The van der Waals surface area contributed by atoms with Crippen LogP contribution in [0.2, 0.25) is 0 Å². The van der Waals surface area contributed by atoms with E-state index < -0.39 is 0 Å². The molecule has 0 heterocycles. The van der Waals surface area contributed by atoms with Crippen LogP contribution in [-0.4, -0.2) is 18.0 Å². The minimum atomic E-state index is 0.574. The summed E-state index contributed by atoms with van der Waals surface area (Å²) in [5, 5.41) is 0. The van der Waals surface area contributed by atoms with Crippen LogP contribution < -0.4 is 5.73 Å². The van der Waals surface area contributed by atoms with Crippen LogP contribution in [0.15, 0.2) is 22.7 Å². The standard InChI is InChI=1S/C13H21BrN2/c1-9(2)10(3)16(4)8-11-5-6-12(15)7-13(11)14/h5-7,9-10H,8,15H2,1-4H3. The fraction of sp³-hybridized carbons (Fsp3) is 0.538. The summed E-state index contributed by atoms with van der Waals surface area (Å²) in [6.45, 7) is 7.70. The molecule has 1 aromatic carbocycles. The summed E-state index contributed by atoms with van der Waals surface area (Å²) in [6.07, 6.45) is 0. The van der Waals surface area contributed by atoms with Gasteiger partial charge < -0.3 is 5.73 Å². The number of nitrogens with zero attached hydrogens (tertiary/aromatic N) is 1. The van der Waals surface area contributed by atoms with Gasteiger partial charge in [0.25, 0.3) is 0 Å². The molecule has 0 amide bonds.